The molecule has 1 fully saturated rings. The van der Waals surface area contributed by atoms with Gasteiger partial charge in [-0.1, -0.05) is 36.4 Å². The molecular weight excluding hydrogens is 537 g/mol. The van der Waals surface area contributed by atoms with Gasteiger partial charge >= 0.3 is 6.18 Å². The molecule has 0 bridgehead atoms. The van der Waals surface area contributed by atoms with Crippen molar-refractivity contribution in [3.05, 3.63) is 83.4 Å². The lowest BCUT2D eigenvalue weighted by Crippen LogP contribution is -2.66. The number of hydrogen-bond acceptors (Lipinski definition) is 5. The number of H-pyrrole nitrogens is 1. The lowest BCUT2D eigenvalue weighted by molar-refractivity contribution is -0.180. The third-order valence-electron chi connectivity index (χ3n) is 7.22. The number of halogens is 3. The van der Waals surface area contributed by atoms with Gasteiger partial charge in [0.05, 0.1) is 32.2 Å². The van der Waals surface area contributed by atoms with E-state index in [1.807, 2.05) is 43.3 Å². The summed E-state index contributed by atoms with van der Waals surface area (Å²) in [5.41, 5.74) is 2.43. The summed E-state index contributed by atoms with van der Waals surface area (Å²) < 4.78 is 49.5. The highest BCUT2D eigenvalue weighted by Gasteiger charge is 2.49. The SMILES string of the molecule is COc1ccc(CC(NC(=O)CCc2c[nH]cn2)C(=O)N2CC(OCCCC(F)(F)F)(c3ccccc3C)C2)cc1. The van der Waals surface area contributed by atoms with Crippen LogP contribution in [0.3, 0.4) is 0 Å². The lowest BCUT2D eigenvalue weighted by Gasteiger charge is -2.51. The number of methoxy groups -OCH3 is 1. The number of rotatable bonds is 13. The Morgan fingerprint density at radius 1 is 1.15 bits per heavy atom. The van der Waals surface area contributed by atoms with Crippen LogP contribution in [0.5, 0.6) is 5.75 Å². The van der Waals surface area contributed by atoms with E-state index in [9.17, 15) is 22.8 Å². The summed E-state index contributed by atoms with van der Waals surface area (Å²) in [6.45, 7) is 2.16. The number of aromatic nitrogens is 2. The van der Waals surface area contributed by atoms with Gasteiger partial charge in [-0.15, -0.1) is 0 Å². The summed E-state index contributed by atoms with van der Waals surface area (Å²) in [4.78, 5) is 35.2. The standard InChI is InChI=1S/C30H35F3N4O4/c1-21-6-3-4-7-25(21)29(41-15-5-14-30(31,32)33)18-37(19-29)28(39)26(16-22-8-11-24(40-2)12-9-22)36-27(38)13-10-23-17-34-20-35-23/h3-4,6-9,11-12,17,20,26H,5,10,13-16,18-19H2,1-2H3,(H,34,35)(H,36,38). The van der Waals surface area contributed by atoms with Crippen LogP contribution >= 0.6 is 0 Å². The van der Waals surface area contributed by atoms with Crippen molar-refractivity contribution in [1.29, 1.82) is 0 Å². The van der Waals surface area contributed by atoms with Gasteiger partial charge in [-0.05, 0) is 48.6 Å². The highest BCUT2D eigenvalue weighted by molar-refractivity contribution is 5.88. The molecule has 3 aromatic rings. The summed E-state index contributed by atoms with van der Waals surface area (Å²) >= 11 is 0. The number of ether oxygens (including phenoxy) is 2. The van der Waals surface area contributed by atoms with Gasteiger partial charge < -0.3 is 24.7 Å². The van der Waals surface area contributed by atoms with Crippen LogP contribution < -0.4 is 10.1 Å². The second kappa shape index (κ2) is 13.2. The number of carbonyl (C=O) groups is 2. The molecule has 2 amide bonds. The van der Waals surface area contributed by atoms with Gasteiger partial charge in [-0.3, -0.25) is 9.59 Å². The molecule has 1 aliphatic heterocycles. The Morgan fingerprint density at radius 2 is 1.88 bits per heavy atom. The Labute approximate surface area is 237 Å². The van der Waals surface area contributed by atoms with E-state index in [2.05, 4.69) is 15.3 Å². The van der Waals surface area contributed by atoms with E-state index >= 15 is 0 Å². The van der Waals surface area contributed by atoms with Crippen molar-refractivity contribution < 1.29 is 32.2 Å². The van der Waals surface area contributed by atoms with E-state index in [-0.39, 0.29) is 50.8 Å². The van der Waals surface area contributed by atoms with Crippen molar-refractivity contribution in [3.63, 3.8) is 0 Å². The fourth-order valence-electron chi connectivity index (χ4n) is 5.04. The van der Waals surface area contributed by atoms with E-state index in [4.69, 9.17) is 9.47 Å². The minimum Gasteiger partial charge on any atom is -0.497 e. The molecule has 1 aliphatic rings. The van der Waals surface area contributed by atoms with Crippen molar-refractivity contribution in [3.8, 4) is 5.75 Å². The third kappa shape index (κ3) is 8.09. The normalized spacial score (nSPS) is 15.2. The first-order valence-electron chi connectivity index (χ1n) is 13.5. The Bertz CT molecular complexity index is 1290. The van der Waals surface area contributed by atoms with Gasteiger partial charge in [-0.25, -0.2) is 4.98 Å². The first-order valence-corrected chi connectivity index (χ1v) is 13.5. The zero-order valence-corrected chi connectivity index (χ0v) is 23.2. The predicted octanol–water partition coefficient (Wildman–Crippen LogP) is 4.48. The Kier molecular flexibility index (Phi) is 9.69. The van der Waals surface area contributed by atoms with E-state index in [1.54, 1.807) is 36.7 Å². The zero-order chi connectivity index (χ0) is 29.5. The molecule has 41 heavy (non-hydrogen) atoms. The van der Waals surface area contributed by atoms with Crippen LogP contribution in [0.25, 0.3) is 0 Å². The number of hydrogen-bond donors (Lipinski definition) is 2. The van der Waals surface area contributed by atoms with E-state index in [1.165, 1.54) is 0 Å². The molecule has 2 N–H and O–H groups in total. The maximum absolute atomic E-state index is 13.8. The second-order valence-corrected chi connectivity index (χ2v) is 10.3. The average molecular weight is 573 g/mol. The number of carbonyl (C=O) groups excluding carboxylic acids is 2. The smallest absolute Gasteiger partial charge is 0.389 e. The molecule has 0 aliphatic carbocycles. The number of alkyl halides is 3. The van der Waals surface area contributed by atoms with Crippen LogP contribution in [-0.4, -0.2) is 65.7 Å². The van der Waals surface area contributed by atoms with Gasteiger partial charge in [0.1, 0.15) is 17.4 Å². The van der Waals surface area contributed by atoms with Crippen LogP contribution in [0.15, 0.2) is 61.1 Å². The van der Waals surface area contributed by atoms with E-state index in [0.29, 0.717) is 12.2 Å². The van der Waals surface area contributed by atoms with Gasteiger partial charge in [0.15, 0.2) is 0 Å². The molecule has 11 heteroatoms. The molecular formula is C30H35F3N4O4. The minimum absolute atomic E-state index is 0.0882. The van der Waals surface area contributed by atoms with Gasteiger partial charge in [0, 0.05) is 32.1 Å². The van der Waals surface area contributed by atoms with E-state index in [0.717, 1.165) is 22.4 Å². The molecule has 0 spiro atoms. The van der Waals surface area contributed by atoms with Crippen molar-refractivity contribution in [1.82, 2.24) is 20.2 Å². The zero-order valence-electron chi connectivity index (χ0n) is 23.2. The van der Waals surface area contributed by atoms with Crippen molar-refractivity contribution in [2.75, 3.05) is 26.8 Å². The van der Waals surface area contributed by atoms with Crippen LogP contribution in [0.1, 0.15) is 41.6 Å². The third-order valence-corrected chi connectivity index (χ3v) is 7.22. The minimum atomic E-state index is -4.26. The van der Waals surface area contributed by atoms with Gasteiger partial charge in [0.2, 0.25) is 11.8 Å². The Balaban J connectivity index is 1.47. The largest absolute Gasteiger partial charge is 0.497 e. The number of imidazole rings is 1. The number of nitrogens with zero attached hydrogens (tertiary/aromatic N) is 2. The monoisotopic (exact) mass is 572 g/mol. The topological polar surface area (TPSA) is 96.5 Å². The van der Waals surface area contributed by atoms with Crippen LogP contribution in [0.4, 0.5) is 13.2 Å². The lowest BCUT2D eigenvalue weighted by atomic mass is 9.82. The van der Waals surface area contributed by atoms with E-state index < -0.39 is 24.2 Å². The molecule has 0 saturated carbocycles. The molecule has 4 rings (SSSR count). The highest BCUT2D eigenvalue weighted by Crippen LogP contribution is 2.38. The Hall–Kier alpha value is -3.86. The second-order valence-electron chi connectivity index (χ2n) is 10.3. The Morgan fingerprint density at radius 3 is 2.51 bits per heavy atom. The molecule has 1 atom stereocenters. The summed E-state index contributed by atoms with van der Waals surface area (Å²) in [6.07, 6.45) is -1.27. The molecule has 220 valence electrons. The molecule has 0 radical (unpaired) electrons. The number of amides is 2. The summed E-state index contributed by atoms with van der Waals surface area (Å²) in [6, 6.07) is 13.9. The predicted molar refractivity (Wildman–Crippen MR) is 146 cm³/mol. The van der Waals surface area contributed by atoms with Crippen LogP contribution in [0, 0.1) is 6.92 Å². The number of benzene rings is 2. The van der Waals surface area contributed by atoms with Crippen molar-refractivity contribution >= 4 is 11.8 Å². The molecule has 1 aromatic heterocycles. The number of aryl methyl sites for hydroxylation is 2. The summed E-state index contributed by atoms with van der Waals surface area (Å²) in [7, 11) is 1.57. The average Bonchev–Trinajstić information content (AvgIpc) is 3.45. The molecule has 8 nitrogen and oxygen atoms in total. The number of aromatic amines is 1. The number of likely N-dealkylation sites (tertiary alicyclic amines) is 1. The molecule has 1 unspecified atom stereocenters. The van der Waals surface area contributed by atoms with Crippen molar-refractivity contribution in [2.45, 2.75) is 56.8 Å². The summed E-state index contributed by atoms with van der Waals surface area (Å²) in [5.74, 6) is 0.110. The highest BCUT2D eigenvalue weighted by atomic mass is 19.4. The first kappa shape index (κ1) is 30.1. The van der Waals surface area contributed by atoms with Crippen LogP contribution in [-0.2, 0) is 32.8 Å². The molecule has 2 heterocycles. The van der Waals surface area contributed by atoms with Crippen LogP contribution in [0.2, 0.25) is 0 Å². The summed E-state index contributed by atoms with van der Waals surface area (Å²) in [5, 5.41) is 2.89. The van der Waals surface area contributed by atoms with Crippen molar-refractivity contribution in [2.24, 2.45) is 0 Å². The first-order chi connectivity index (χ1) is 19.6. The maximum atomic E-state index is 13.8. The fourth-order valence-corrected chi connectivity index (χ4v) is 5.04. The van der Waals surface area contributed by atoms with Gasteiger partial charge in [-0.2, -0.15) is 13.2 Å². The maximum Gasteiger partial charge on any atom is 0.389 e. The molecule has 1 saturated heterocycles. The number of nitrogens with one attached hydrogen (secondary N) is 2. The quantitative estimate of drug-likeness (QED) is 0.295. The fraction of sp³-hybridized carbons (Fsp3) is 0.433. The van der Waals surface area contributed by atoms with Gasteiger partial charge in [0.25, 0.3) is 0 Å². The molecule has 2 aromatic carbocycles.